The number of benzene rings is 1. The van der Waals surface area contributed by atoms with Gasteiger partial charge in [-0.3, -0.25) is 4.79 Å². The van der Waals surface area contributed by atoms with Gasteiger partial charge < -0.3 is 10.2 Å². The van der Waals surface area contributed by atoms with Crippen molar-refractivity contribution in [3.8, 4) is 0 Å². The first-order valence-electron chi connectivity index (χ1n) is 8.23. The van der Waals surface area contributed by atoms with Gasteiger partial charge in [-0.15, -0.1) is 0 Å². The van der Waals surface area contributed by atoms with Crippen molar-refractivity contribution in [1.29, 1.82) is 0 Å². The Bertz CT molecular complexity index is 885. The lowest BCUT2D eigenvalue weighted by molar-refractivity contribution is -0.118. The van der Waals surface area contributed by atoms with Gasteiger partial charge >= 0.3 is 0 Å². The fourth-order valence-electron chi connectivity index (χ4n) is 4.18. The number of nitrogens with one attached hydrogen (secondary N) is 1. The van der Waals surface area contributed by atoms with E-state index in [1.54, 1.807) is 4.68 Å². The lowest BCUT2D eigenvalue weighted by Gasteiger charge is -2.26. The summed E-state index contributed by atoms with van der Waals surface area (Å²) in [4.78, 5) is 14.7. The van der Waals surface area contributed by atoms with Gasteiger partial charge in [0.25, 0.3) is 5.91 Å². The molecule has 122 valence electrons. The van der Waals surface area contributed by atoms with Crippen molar-refractivity contribution in [2.45, 2.75) is 31.8 Å². The molecule has 0 spiro atoms. The van der Waals surface area contributed by atoms with Crippen LogP contribution in [-0.2, 0) is 17.8 Å². The quantitative estimate of drug-likeness (QED) is 0.887. The molecule has 0 saturated heterocycles. The maximum atomic E-state index is 12.8. The van der Waals surface area contributed by atoms with E-state index >= 15 is 0 Å². The van der Waals surface area contributed by atoms with Crippen LogP contribution in [0.5, 0.6) is 0 Å². The summed E-state index contributed by atoms with van der Waals surface area (Å²) in [6, 6.07) is 8.82. The summed E-state index contributed by atoms with van der Waals surface area (Å²) in [6.07, 6.45) is 1.07. The van der Waals surface area contributed by atoms with Crippen molar-refractivity contribution in [2.75, 3.05) is 11.9 Å². The molecule has 1 aromatic heterocycles. The topological polar surface area (TPSA) is 75.9 Å². The van der Waals surface area contributed by atoms with Crippen molar-refractivity contribution in [1.82, 2.24) is 25.5 Å². The summed E-state index contributed by atoms with van der Waals surface area (Å²) in [5.41, 5.74) is 4.47. The average Bonchev–Trinajstić information content (AvgIpc) is 2.96. The standard InChI is InChI=1S/C17H18N6O/c1-9-13(8-23-17(22(9)2)19-20-21-23)16(24)18-15-12-7-10-5-3-4-6-11(10)14(12)15/h3-6,12,14-15H,7-8H2,1-2H3,(H,18,24)/t12-,14-,15+/m0/s1. The number of hydrogen-bond acceptors (Lipinski definition) is 5. The zero-order valence-corrected chi connectivity index (χ0v) is 13.6. The Labute approximate surface area is 139 Å². The van der Waals surface area contributed by atoms with Gasteiger partial charge in [0.15, 0.2) is 0 Å². The predicted molar refractivity (Wildman–Crippen MR) is 87.2 cm³/mol. The molecule has 5 rings (SSSR count). The Balaban J connectivity index is 1.35. The van der Waals surface area contributed by atoms with Crippen LogP contribution in [0.3, 0.4) is 0 Å². The molecule has 7 heteroatoms. The van der Waals surface area contributed by atoms with Gasteiger partial charge in [-0.1, -0.05) is 29.4 Å². The van der Waals surface area contributed by atoms with E-state index in [2.05, 4.69) is 45.1 Å². The maximum Gasteiger partial charge on any atom is 0.251 e. The zero-order chi connectivity index (χ0) is 16.4. The van der Waals surface area contributed by atoms with Crippen molar-refractivity contribution < 1.29 is 4.79 Å². The molecule has 1 saturated carbocycles. The lowest BCUT2D eigenvalue weighted by Crippen LogP contribution is -2.37. The van der Waals surface area contributed by atoms with Gasteiger partial charge in [-0.05, 0) is 40.8 Å². The van der Waals surface area contributed by atoms with Gasteiger partial charge in [0.05, 0.1) is 12.1 Å². The van der Waals surface area contributed by atoms with E-state index < -0.39 is 0 Å². The number of hydrogen-bond donors (Lipinski definition) is 1. The van der Waals surface area contributed by atoms with E-state index in [-0.39, 0.29) is 11.9 Å². The molecule has 1 N–H and O–H groups in total. The molecule has 1 fully saturated rings. The number of carbonyl (C=O) groups is 1. The molecular weight excluding hydrogens is 304 g/mol. The molecule has 3 atom stereocenters. The smallest absolute Gasteiger partial charge is 0.251 e. The third-order valence-electron chi connectivity index (χ3n) is 5.67. The van der Waals surface area contributed by atoms with E-state index in [4.69, 9.17) is 0 Å². The second kappa shape index (κ2) is 4.66. The van der Waals surface area contributed by atoms with Crippen LogP contribution < -0.4 is 10.2 Å². The van der Waals surface area contributed by atoms with Gasteiger partial charge in [0, 0.05) is 24.7 Å². The van der Waals surface area contributed by atoms with Crippen LogP contribution in [0.1, 0.15) is 24.0 Å². The normalized spacial score (nSPS) is 26.8. The van der Waals surface area contributed by atoms with Gasteiger partial charge in [0.2, 0.25) is 5.95 Å². The lowest BCUT2D eigenvalue weighted by atomic mass is 10.0. The van der Waals surface area contributed by atoms with E-state index in [1.807, 2.05) is 18.9 Å². The monoisotopic (exact) mass is 322 g/mol. The first-order valence-corrected chi connectivity index (χ1v) is 8.23. The summed E-state index contributed by atoms with van der Waals surface area (Å²) in [5, 5.41) is 14.9. The SMILES string of the molecule is CC1=C(C(=O)N[C@@H]2[C@H]3Cc4ccccc4[C@@H]32)Cn2nnnc2N1C. The Morgan fingerprint density at radius 1 is 1.33 bits per heavy atom. The molecule has 2 heterocycles. The molecule has 2 aromatic rings. The van der Waals surface area contributed by atoms with Crippen LogP contribution in [-0.4, -0.2) is 39.2 Å². The van der Waals surface area contributed by atoms with Crippen LogP contribution in [0.15, 0.2) is 35.5 Å². The summed E-state index contributed by atoms with van der Waals surface area (Å²) in [5.74, 6) is 1.70. The number of carbonyl (C=O) groups excluding carboxylic acids is 1. The number of allylic oxidation sites excluding steroid dienone is 1. The fourth-order valence-corrected chi connectivity index (χ4v) is 4.18. The summed E-state index contributed by atoms with van der Waals surface area (Å²) >= 11 is 0. The molecule has 3 aliphatic rings. The molecule has 2 aliphatic carbocycles. The third kappa shape index (κ3) is 1.78. The van der Waals surface area contributed by atoms with Crippen LogP contribution in [0, 0.1) is 5.92 Å². The Kier molecular flexibility index (Phi) is 2.66. The Hall–Kier alpha value is -2.70. The van der Waals surface area contributed by atoms with Crippen LogP contribution in [0.2, 0.25) is 0 Å². The number of amides is 1. The van der Waals surface area contributed by atoms with Crippen molar-refractivity contribution >= 4 is 11.9 Å². The minimum absolute atomic E-state index is 0.00242. The number of anilines is 1. The molecular formula is C17H18N6O. The minimum Gasteiger partial charge on any atom is -0.349 e. The minimum atomic E-state index is -0.00242. The molecule has 1 amide bonds. The highest BCUT2D eigenvalue weighted by Gasteiger charge is 2.56. The highest BCUT2D eigenvalue weighted by molar-refractivity contribution is 5.95. The predicted octanol–water partition coefficient (Wildman–Crippen LogP) is 0.851. The molecule has 7 nitrogen and oxygen atoms in total. The van der Waals surface area contributed by atoms with Gasteiger partial charge in [-0.25, -0.2) is 4.68 Å². The average molecular weight is 322 g/mol. The van der Waals surface area contributed by atoms with E-state index in [0.717, 1.165) is 17.7 Å². The number of fused-ring (bicyclic) bond motifs is 4. The number of aromatic nitrogens is 4. The van der Waals surface area contributed by atoms with Crippen molar-refractivity contribution in [2.24, 2.45) is 5.92 Å². The number of nitrogens with zero attached hydrogens (tertiary/aromatic N) is 5. The summed E-state index contributed by atoms with van der Waals surface area (Å²) in [6.45, 7) is 2.36. The Morgan fingerprint density at radius 3 is 3.04 bits per heavy atom. The highest BCUT2D eigenvalue weighted by Crippen LogP contribution is 2.56. The molecule has 0 unspecified atom stereocenters. The second-order valence-corrected chi connectivity index (χ2v) is 6.85. The molecule has 0 bridgehead atoms. The second-order valence-electron chi connectivity index (χ2n) is 6.85. The van der Waals surface area contributed by atoms with E-state index in [9.17, 15) is 4.79 Å². The molecule has 1 aromatic carbocycles. The zero-order valence-electron chi connectivity index (χ0n) is 13.6. The Morgan fingerprint density at radius 2 is 2.17 bits per heavy atom. The van der Waals surface area contributed by atoms with E-state index in [1.165, 1.54) is 11.1 Å². The maximum absolute atomic E-state index is 12.8. The molecule has 1 aliphatic heterocycles. The van der Waals surface area contributed by atoms with Crippen LogP contribution >= 0.6 is 0 Å². The summed E-state index contributed by atoms with van der Waals surface area (Å²) < 4.78 is 1.66. The molecule has 24 heavy (non-hydrogen) atoms. The van der Waals surface area contributed by atoms with E-state index in [0.29, 0.717) is 24.3 Å². The third-order valence-corrected chi connectivity index (χ3v) is 5.67. The largest absolute Gasteiger partial charge is 0.349 e. The number of tetrazole rings is 1. The van der Waals surface area contributed by atoms with Crippen LogP contribution in [0.4, 0.5) is 5.95 Å². The highest BCUT2D eigenvalue weighted by atomic mass is 16.2. The first kappa shape index (κ1) is 13.7. The van der Waals surface area contributed by atoms with Crippen molar-refractivity contribution in [3.05, 3.63) is 46.7 Å². The molecule has 0 radical (unpaired) electrons. The fraction of sp³-hybridized carbons (Fsp3) is 0.412. The number of rotatable bonds is 2. The first-order chi connectivity index (χ1) is 11.6. The van der Waals surface area contributed by atoms with Gasteiger partial charge in [0.1, 0.15) is 0 Å². The summed E-state index contributed by atoms with van der Waals surface area (Å²) in [7, 11) is 1.88. The van der Waals surface area contributed by atoms with Gasteiger partial charge in [-0.2, -0.15) is 0 Å². The van der Waals surface area contributed by atoms with Crippen molar-refractivity contribution in [3.63, 3.8) is 0 Å². The van der Waals surface area contributed by atoms with Crippen LogP contribution in [0.25, 0.3) is 0 Å².